The van der Waals surface area contributed by atoms with Crippen molar-refractivity contribution in [2.75, 3.05) is 18.5 Å². The monoisotopic (exact) mass is 346 g/mol. The van der Waals surface area contributed by atoms with Crippen molar-refractivity contribution in [2.24, 2.45) is 0 Å². The Hall–Kier alpha value is -2.41. The van der Waals surface area contributed by atoms with E-state index in [0.717, 1.165) is 30.9 Å². The first-order valence-corrected chi connectivity index (χ1v) is 8.31. The van der Waals surface area contributed by atoms with Gasteiger partial charge in [-0.3, -0.25) is 4.68 Å². The number of aromatic nitrogens is 2. The standard InChI is InChI=1S/C17H22N4O2S/c1-3-23-16(22)14-5-7-15(8-6-14)19-17(24)18-10-4-11-21-12-9-13(2)20-21/h5-9,12H,3-4,10-11H2,1-2H3,(H2,18,19,24). The molecular formula is C17H22N4O2S. The van der Waals surface area contributed by atoms with Gasteiger partial charge >= 0.3 is 5.97 Å². The Bertz CT molecular complexity index is 682. The van der Waals surface area contributed by atoms with E-state index in [-0.39, 0.29) is 5.97 Å². The first-order valence-electron chi connectivity index (χ1n) is 7.90. The Balaban J connectivity index is 1.71. The van der Waals surface area contributed by atoms with Crippen LogP contribution in [0.4, 0.5) is 5.69 Å². The van der Waals surface area contributed by atoms with Gasteiger partial charge in [0.15, 0.2) is 5.11 Å². The Morgan fingerprint density at radius 3 is 2.67 bits per heavy atom. The zero-order chi connectivity index (χ0) is 17.4. The smallest absolute Gasteiger partial charge is 0.338 e. The van der Waals surface area contributed by atoms with E-state index in [1.54, 1.807) is 31.2 Å². The summed E-state index contributed by atoms with van der Waals surface area (Å²) in [5.74, 6) is -0.321. The molecule has 0 amide bonds. The van der Waals surface area contributed by atoms with Crippen LogP contribution < -0.4 is 10.6 Å². The Kier molecular flexibility index (Phi) is 6.74. The quantitative estimate of drug-likeness (QED) is 0.456. The predicted octanol–water partition coefficient (Wildman–Crippen LogP) is 2.74. The fourth-order valence-corrected chi connectivity index (χ4v) is 2.33. The molecule has 0 spiro atoms. The molecule has 1 heterocycles. The van der Waals surface area contributed by atoms with Gasteiger partial charge in [-0.25, -0.2) is 4.79 Å². The normalized spacial score (nSPS) is 10.2. The molecule has 0 unspecified atom stereocenters. The highest BCUT2D eigenvalue weighted by Gasteiger charge is 2.06. The van der Waals surface area contributed by atoms with Gasteiger partial charge in [-0.2, -0.15) is 5.10 Å². The fraction of sp³-hybridized carbons (Fsp3) is 0.353. The van der Waals surface area contributed by atoms with E-state index in [2.05, 4.69) is 15.7 Å². The Labute approximate surface area is 147 Å². The van der Waals surface area contributed by atoms with Gasteiger partial charge in [0.1, 0.15) is 0 Å². The lowest BCUT2D eigenvalue weighted by atomic mass is 10.2. The van der Waals surface area contributed by atoms with Crippen molar-refractivity contribution in [1.82, 2.24) is 15.1 Å². The number of nitrogens with one attached hydrogen (secondary N) is 2. The lowest BCUT2D eigenvalue weighted by molar-refractivity contribution is 0.0526. The number of nitrogens with zero attached hydrogens (tertiary/aromatic N) is 2. The molecule has 0 fully saturated rings. The second-order valence-corrected chi connectivity index (χ2v) is 5.66. The van der Waals surface area contributed by atoms with Crippen molar-refractivity contribution in [3.63, 3.8) is 0 Å². The summed E-state index contributed by atoms with van der Waals surface area (Å²) in [5.41, 5.74) is 2.37. The van der Waals surface area contributed by atoms with Gasteiger partial charge in [-0.15, -0.1) is 0 Å². The van der Waals surface area contributed by atoms with Crippen LogP contribution in [0.2, 0.25) is 0 Å². The molecule has 2 N–H and O–H groups in total. The average molecular weight is 346 g/mol. The van der Waals surface area contributed by atoms with Crippen LogP contribution >= 0.6 is 12.2 Å². The third-order valence-corrected chi connectivity index (χ3v) is 3.52. The van der Waals surface area contributed by atoms with Gasteiger partial charge in [-0.05, 0) is 62.8 Å². The number of carbonyl (C=O) groups excluding carboxylic acids is 1. The minimum absolute atomic E-state index is 0.321. The number of thiocarbonyl (C=S) groups is 1. The van der Waals surface area contributed by atoms with Crippen LogP contribution in [0.25, 0.3) is 0 Å². The van der Waals surface area contributed by atoms with E-state index in [4.69, 9.17) is 17.0 Å². The molecule has 0 aliphatic rings. The number of ether oxygens (including phenoxy) is 1. The molecule has 0 atom stereocenters. The summed E-state index contributed by atoms with van der Waals surface area (Å²) in [4.78, 5) is 11.6. The van der Waals surface area contributed by atoms with E-state index >= 15 is 0 Å². The van der Waals surface area contributed by atoms with Crippen LogP contribution in [0.15, 0.2) is 36.5 Å². The molecule has 0 saturated heterocycles. The van der Waals surface area contributed by atoms with Crippen molar-refractivity contribution < 1.29 is 9.53 Å². The molecule has 7 heteroatoms. The molecule has 1 aromatic heterocycles. The summed E-state index contributed by atoms with van der Waals surface area (Å²) in [6.07, 6.45) is 2.89. The maximum absolute atomic E-state index is 11.6. The highest BCUT2D eigenvalue weighted by atomic mass is 32.1. The zero-order valence-electron chi connectivity index (χ0n) is 13.9. The molecule has 0 aliphatic heterocycles. The fourth-order valence-electron chi connectivity index (χ4n) is 2.11. The van der Waals surface area contributed by atoms with Gasteiger partial charge in [-0.1, -0.05) is 0 Å². The summed E-state index contributed by atoms with van der Waals surface area (Å²) in [6, 6.07) is 9.01. The third-order valence-electron chi connectivity index (χ3n) is 3.28. The highest BCUT2D eigenvalue weighted by Crippen LogP contribution is 2.10. The van der Waals surface area contributed by atoms with E-state index < -0.39 is 0 Å². The number of hydrogen-bond acceptors (Lipinski definition) is 4. The second kappa shape index (κ2) is 9.02. The summed E-state index contributed by atoms with van der Waals surface area (Å²) in [6.45, 7) is 5.72. The van der Waals surface area contributed by atoms with E-state index in [1.807, 2.05) is 23.9 Å². The maximum Gasteiger partial charge on any atom is 0.338 e. The number of rotatable bonds is 7. The van der Waals surface area contributed by atoms with Gasteiger partial charge in [0.2, 0.25) is 0 Å². The van der Waals surface area contributed by atoms with Crippen LogP contribution in [0.3, 0.4) is 0 Å². The molecule has 1 aromatic carbocycles. The Morgan fingerprint density at radius 2 is 2.04 bits per heavy atom. The number of aryl methyl sites for hydroxylation is 2. The van der Waals surface area contributed by atoms with E-state index in [1.165, 1.54) is 0 Å². The van der Waals surface area contributed by atoms with Crippen LogP contribution in [-0.2, 0) is 11.3 Å². The molecule has 6 nitrogen and oxygen atoms in total. The SMILES string of the molecule is CCOC(=O)c1ccc(NC(=S)NCCCn2ccc(C)n2)cc1. The summed E-state index contributed by atoms with van der Waals surface area (Å²) in [7, 11) is 0. The van der Waals surface area contributed by atoms with E-state index in [0.29, 0.717) is 17.3 Å². The van der Waals surface area contributed by atoms with Crippen molar-refractivity contribution in [2.45, 2.75) is 26.8 Å². The van der Waals surface area contributed by atoms with Gasteiger partial charge < -0.3 is 15.4 Å². The van der Waals surface area contributed by atoms with Crippen LogP contribution in [-0.4, -0.2) is 34.0 Å². The molecule has 24 heavy (non-hydrogen) atoms. The first-order chi connectivity index (χ1) is 11.6. The maximum atomic E-state index is 11.6. The topological polar surface area (TPSA) is 68.2 Å². The largest absolute Gasteiger partial charge is 0.462 e. The average Bonchev–Trinajstić information content (AvgIpc) is 2.98. The number of hydrogen-bond donors (Lipinski definition) is 2. The van der Waals surface area contributed by atoms with Gasteiger partial charge in [0, 0.05) is 25.0 Å². The zero-order valence-corrected chi connectivity index (χ0v) is 14.7. The van der Waals surface area contributed by atoms with Crippen molar-refractivity contribution in [3.8, 4) is 0 Å². The molecular weight excluding hydrogens is 324 g/mol. The van der Waals surface area contributed by atoms with Crippen LogP contribution in [0.1, 0.15) is 29.4 Å². The first kappa shape index (κ1) is 17.9. The van der Waals surface area contributed by atoms with Gasteiger partial charge in [0.05, 0.1) is 17.9 Å². The molecule has 0 saturated carbocycles. The molecule has 2 aromatic rings. The van der Waals surface area contributed by atoms with E-state index in [9.17, 15) is 4.79 Å². The summed E-state index contributed by atoms with van der Waals surface area (Å²) in [5, 5.41) is 11.1. The molecule has 0 radical (unpaired) electrons. The minimum atomic E-state index is -0.321. The van der Waals surface area contributed by atoms with Crippen molar-refractivity contribution in [3.05, 3.63) is 47.8 Å². The van der Waals surface area contributed by atoms with Crippen LogP contribution in [0, 0.1) is 6.92 Å². The highest BCUT2D eigenvalue weighted by molar-refractivity contribution is 7.80. The number of benzene rings is 1. The minimum Gasteiger partial charge on any atom is -0.462 e. The van der Waals surface area contributed by atoms with Crippen molar-refractivity contribution in [1.29, 1.82) is 0 Å². The second-order valence-electron chi connectivity index (χ2n) is 5.25. The molecule has 128 valence electrons. The number of anilines is 1. The third kappa shape index (κ3) is 5.66. The molecule has 0 aliphatic carbocycles. The molecule has 0 bridgehead atoms. The van der Waals surface area contributed by atoms with Gasteiger partial charge in [0.25, 0.3) is 0 Å². The van der Waals surface area contributed by atoms with Crippen molar-refractivity contribution >= 4 is 29.0 Å². The lowest BCUT2D eigenvalue weighted by Gasteiger charge is -2.11. The summed E-state index contributed by atoms with van der Waals surface area (Å²) >= 11 is 5.26. The predicted molar refractivity (Wildman–Crippen MR) is 98.2 cm³/mol. The summed E-state index contributed by atoms with van der Waals surface area (Å²) < 4.78 is 6.87. The van der Waals surface area contributed by atoms with Crippen LogP contribution in [0.5, 0.6) is 0 Å². The lowest BCUT2D eigenvalue weighted by Crippen LogP contribution is -2.29. The number of carbonyl (C=O) groups is 1. The Morgan fingerprint density at radius 1 is 1.29 bits per heavy atom. The molecule has 2 rings (SSSR count). The number of esters is 1.